The summed E-state index contributed by atoms with van der Waals surface area (Å²) < 4.78 is 23.1. The van der Waals surface area contributed by atoms with E-state index in [1.54, 1.807) is 25.3 Å². The largest absolute Gasteiger partial charge is 0.495 e. The number of carbonyl (C=O) groups is 1. The molecule has 2 aromatic carbocycles. The number of fused-ring (bicyclic) bond motifs is 1. The molecule has 1 aliphatic heterocycles. The summed E-state index contributed by atoms with van der Waals surface area (Å²) in [5.41, 5.74) is 2.46. The Balaban J connectivity index is 1.20. The minimum atomic E-state index is -0.536. The lowest BCUT2D eigenvalue weighted by atomic mass is 10.2. The van der Waals surface area contributed by atoms with Crippen LogP contribution in [-0.2, 0) is 0 Å². The Morgan fingerprint density at radius 2 is 1.94 bits per heavy atom. The van der Waals surface area contributed by atoms with Crippen LogP contribution < -0.4 is 19.7 Å². The molecule has 34 heavy (non-hydrogen) atoms. The smallest absolute Gasteiger partial charge is 0.267 e. The number of alkyl halides is 1. The van der Waals surface area contributed by atoms with Crippen LogP contribution >= 0.6 is 0 Å². The Hall–Kier alpha value is -3.52. The second kappa shape index (κ2) is 11.6. The number of halogens is 1. The number of methoxy groups -OCH3 is 1. The SMILES string of the molecule is COc1ccccc1N1CCN(C/C=C/CNC(=O)c2cc3cc(OCCF)ccc3[nH]2)CC1. The van der Waals surface area contributed by atoms with Gasteiger partial charge < -0.3 is 24.7 Å². The number of nitrogens with one attached hydrogen (secondary N) is 2. The van der Waals surface area contributed by atoms with Crippen LogP contribution in [0.3, 0.4) is 0 Å². The van der Waals surface area contributed by atoms with Crippen molar-refractivity contribution in [2.45, 2.75) is 0 Å². The van der Waals surface area contributed by atoms with Crippen molar-refractivity contribution in [3.8, 4) is 11.5 Å². The molecule has 2 heterocycles. The van der Waals surface area contributed by atoms with Crippen molar-refractivity contribution in [2.75, 3.05) is 64.6 Å². The minimum Gasteiger partial charge on any atom is -0.495 e. The predicted molar refractivity (Wildman–Crippen MR) is 133 cm³/mol. The fraction of sp³-hybridized carbons (Fsp3) is 0.346. The van der Waals surface area contributed by atoms with Crippen molar-refractivity contribution in [1.82, 2.24) is 15.2 Å². The van der Waals surface area contributed by atoms with Gasteiger partial charge in [-0.1, -0.05) is 24.3 Å². The number of nitrogens with zero attached hydrogens (tertiary/aromatic N) is 2. The van der Waals surface area contributed by atoms with E-state index >= 15 is 0 Å². The monoisotopic (exact) mass is 466 g/mol. The molecular weight excluding hydrogens is 435 g/mol. The van der Waals surface area contributed by atoms with Gasteiger partial charge in [0.05, 0.1) is 12.8 Å². The molecule has 1 saturated heterocycles. The molecule has 180 valence electrons. The zero-order valence-electron chi connectivity index (χ0n) is 19.4. The van der Waals surface area contributed by atoms with Crippen molar-refractivity contribution in [3.63, 3.8) is 0 Å². The Morgan fingerprint density at radius 3 is 2.74 bits per heavy atom. The molecule has 0 spiro atoms. The van der Waals surface area contributed by atoms with Crippen LogP contribution in [0.5, 0.6) is 11.5 Å². The second-order valence-corrected chi connectivity index (χ2v) is 8.11. The number of para-hydroxylation sites is 2. The van der Waals surface area contributed by atoms with E-state index in [9.17, 15) is 9.18 Å². The number of anilines is 1. The number of benzene rings is 2. The van der Waals surface area contributed by atoms with Crippen molar-refractivity contribution in [2.24, 2.45) is 0 Å². The molecule has 0 radical (unpaired) electrons. The van der Waals surface area contributed by atoms with Crippen LogP contribution in [0.4, 0.5) is 10.1 Å². The van der Waals surface area contributed by atoms with E-state index in [0.717, 1.165) is 55.1 Å². The normalized spacial score (nSPS) is 14.6. The molecule has 1 fully saturated rings. The maximum absolute atomic E-state index is 12.5. The molecule has 0 atom stereocenters. The lowest BCUT2D eigenvalue weighted by Gasteiger charge is -2.36. The van der Waals surface area contributed by atoms with Gasteiger partial charge in [0.25, 0.3) is 5.91 Å². The first-order valence-corrected chi connectivity index (χ1v) is 11.5. The number of ether oxygens (including phenoxy) is 2. The predicted octanol–water partition coefficient (Wildman–Crippen LogP) is 3.63. The van der Waals surface area contributed by atoms with Gasteiger partial charge in [0.2, 0.25) is 0 Å². The van der Waals surface area contributed by atoms with Gasteiger partial charge in [0, 0.05) is 50.2 Å². The Morgan fingerprint density at radius 1 is 1.12 bits per heavy atom. The number of amides is 1. The van der Waals surface area contributed by atoms with E-state index in [2.05, 4.69) is 32.2 Å². The van der Waals surface area contributed by atoms with Gasteiger partial charge >= 0.3 is 0 Å². The lowest BCUT2D eigenvalue weighted by Crippen LogP contribution is -2.46. The molecule has 3 aromatic rings. The third-order valence-corrected chi connectivity index (χ3v) is 5.89. The van der Waals surface area contributed by atoms with Gasteiger partial charge in [-0.3, -0.25) is 9.69 Å². The number of hydrogen-bond donors (Lipinski definition) is 2. The summed E-state index contributed by atoms with van der Waals surface area (Å²) in [5.74, 6) is 1.33. The van der Waals surface area contributed by atoms with Crippen LogP contribution in [0.25, 0.3) is 10.9 Å². The number of H-pyrrole nitrogens is 1. The molecule has 1 amide bonds. The maximum Gasteiger partial charge on any atom is 0.267 e. The molecule has 0 unspecified atom stereocenters. The highest BCUT2D eigenvalue weighted by molar-refractivity contribution is 5.98. The fourth-order valence-electron chi connectivity index (χ4n) is 4.10. The highest BCUT2D eigenvalue weighted by atomic mass is 19.1. The molecule has 0 saturated carbocycles. The van der Waals surface area contributed by atoms with E-state index in [1.165, 1.54) is 0 Å². The summed E-state index contributed by atoms with van der Waals surface area (Å²) in [5, 5.41) is 3.76. The van der Waals surface area contributed by atoms with Gasteiger partial charge in [-0.05, 0) is 36.4 Å². The standard InChI is InChI=1S/C26H31FN4O3/c1-33-25-7-3-2-6-24(25)31-15-13-30(14-16-31)12-5-4-11-28-26(32)23-19-20-18-21(34-17-10-27)8-9-22(20)29-23/h2-9,18-19,29H,10-17H2,1H3,(H,28,32)/b5-4+. The van der Waals surface area contributed by atoms with Gasteiger partial charge in [0.15, 0.2) is 0 Å². The zero-order chi connectivity index (χ0) is 23.8. The summed E-state index contributed by atoms with van der Waals surface area (Å²) in [4.78, 5) is 20.3. The van der Waals surface area contributed by atoms with E-state index in [0.29, 0.717) is 18.0 Å². The van der Waals surface area contributed by atoms with Gasteiger partial charge in [0.1, 0.15) is 30.5 Å². The van der Waals surface area contributed by atoms with Crippen LogP contribution in [0.2, 0.25) is 0 Å². The summed E-state index contributed by atoms with van der Waals surface area (Å²) in [6.07, 6.45) is 4.08. The molecular formula is C26H31FN4O3. The molecule has 2 N–H and O–H groups in total. The molecule has 4 rings (SSSR count). The summed E-state index contributed by atoms with van der Waals surface area (Å²) in [7, 11) is 1.71. The Bertz CT molecular complexity index is 1120. The number of hydrogen-bond acceptors (Lipinski definition) is 5. The first-order valence-electron chi connectivity index (χ1n) is 11.5. The number of piperazine rings is 1. The summed E-state index contributed by atoms with van der Waals surface area (Å²) in [6, 6.07) is 15.3. The maximum atomic E-state index is 12.5. The molecule has 1 aromatic heterocycles. The van der Waals surface area contributed by atoms with Crippen LogP contribution in [0.15, 0.2) is 60.7 Å². The number of aromatic amines is 1. The molecule has 0 bridgehead atoms. The van der Waals surface area contributed by atoms with E-state index < -0.39 is 6.67 Å². The van der Waals surface area contributed by atoms with E-state index in [-0.39, 0.29) is 12.5 Å². The Labute approximate surface area is 199 Å². The van der Waals surface area contributed by atoms with Crippen LogP contribution in [0.1, 0.15) is 10.5 Å². The second-order valence-electron chi connectivity index (χ2n) is 8.11. The quantitative estimate of drug-likeness (QED) is 0.447. The summed E-state index contributed by atoms with van der Waals surface area (Å²) >= 11 is 0. The van der Waals surface area contributed by atoms with Crippen molar-refractivity contribution >= 4 is 22.5 Å². The minimum absolute atomic E-state index is 0.0209. The van der Waals surface area contributed by atoms with E-state index in [4.69, 9.17) is 9.47 Å². The fourth-order valence-corrected chi connectivity index (χ4v) is 4.10. The molecule has 8 heteroatoms. The Kier molecular flexibility index (Phi) is 8.04. The van der Waals surface area contributed by atoms with Gasteiger partial charge in [-0.15, -0.1) is 0 Å². The van der Waals surface area contributed by atoms with Crippen molar-refractivity contribution in [3.05, 3.63) is 66.4 Å². The average Bonchev–Trinajstić information content (AvgIpc) is 3.31. The lowest BCUT2D eigenvalue weighted by molar-refractivity contribution is 0.0954. The topological polar surface area (TPSA) is 69.8 Å². The first kappa shape index (κ1) is 23.6. The highest BCUT2D eigenvalue weighted by Crippen LogP contribution is 2.28. The average molecular weight is 467 g/mol. The third-order valence-electron chi connectivity index (χ3n) is 5.89. The van der Waals surface area contributed by atoms with Gasteiger partial charge in [-0.25, -0.2) is 4.39 Å². The number of aromatic nitrogens is 1. The van der Waals surface area contributed by atoms with Crippen molar-refractivity contribution in [1.29, 1.82) is 0 Å². The number of rotatable bonds is 10. The highest BCUT2D eigenvalue weighted by Gasteiger charge is 2.18. The summed E-state index contributed by atoms with van der Waals surface area (Å²) in [6.45, 7) is 4.64. The molecule has 7 nitrogen and oxygen atoms in total. The van der Waals surface area contributed by atoms with Crippen LogP contribution in [-0.4, -0.2) is 75.5 Å². The zero-order valence-corrected chi connectivity index (χ0v) is 19.4. The first-order chi connectivity index (χ1) is 16.7. The third kappa shape index (κ3) is 5.88. The molecule has 0 aliphatic carbocycles. The van der Waals surface area contributed by atoms with Gasteiger partial charge in [-0.2, -0.15) is 0 Å². The van der Waals surface area contributed by atoms with Crippen molar-refractivity contribution < 1.29 is 18.7 Å². The van der Waals surface area contributed by atoms with E-state index in [1.807, 2.05) is 30.3 Å². The number of carbonyl (C=O) groups excluding carboxylic acids is 1. The van der Waals surface area contributed by atoms with Crippen LogP contribution in [0, 0.1) is 0 Å². The molecule has 1 aliphatic rings.